The number of H-pyrrole nitrogens is 1. The molecule has 0 amide bonds. The van der Waals surface area contributed by atoms with Gasteiger partial charge in [0, 0.05) is 6.08 Å². The number of ether oxygens (including phenoxy) is 1. The van der Waals surface area contributed by atoms with Crippen molar-refractivity contribution in [3.8, 4) is 0 Å². The quantitative estimate of drug-likeness (QED) is 0.498. The van der Waals surface area contributed by atoms with E-state index in [1.807, 2.05) is 0 Å². The van der Waals surface area contributed by atoms with Crippen molar-refractivity contribution in [2.45, 2.75) is 0 Å². The van der Waals surface area contributed by atoms with E-state index in [2.05, 4.69) is 14.7 Å². The van der Waals surface area contributed by atoms with Gasteiger partial charge in [-0.05, 0) is 6.08 Å². The first-order valence-electron chi connectivity index (χ1n) is 3.07. The van der Waals surface area contributed by atoms with Gasteiger partial charge in [0.25, 0.3) is 0 Å². The van der Waals surface area contributed by atoms with Crippen molar-refractivity contribution in [2.24, 2.45) is 0 Å². The van der Waals surface area contributed by atoms with Crippen molar-refractivity contribution in [1.82, 2.24) is 9.97 Å². The molecular weight excluding hydrogens is 144 g/mol. The molecule has 1 aromatic rings. The molecule has 1 aromatic heterocycles. The van der Waals surface area contributed by atoms with Crippen LogP contribution in [0.2, 0.25) is 0 Å². The summed E-state index contributed by atoms with van der Waals surface area (Å²) < 4.78 is 4.39. The Hall–Kier alpha value is -1.58. The zero-order valence-corrected chi connectivity index (χ0v) is 6.07. The van der Waals surface area contributed by atoms with Gasteiger partial charge in [0.1, 0.15) is 0 Å². The number of imidazole rings is 1. The van der Waals surface area contributed by atoms with Gasteiger partial charge in [0.05, 0.1) is 25.3 Å². The first-order valence-corrected chi connectivity index (χ1v) is 3.07. The minimum atomic E-state index is -0.375. The molecule has 0 bridgehead atoms. The monoisotopic (exact) mass is 152 g/mol. The molecule has 0 aliphatic carbocycles. The Labute approximate surface area is 63.9 Å². The second kappa shape index (κ2) is 3.55. The van der Waals surface area contributed by atoms with Crippen LogP contribution < -0.4 is 0 Å². The average Bonchev–Trinajstić information content (AvgIpc) is 2.52. The molecule has 0 saturated heterocycles. The molecule has 1 N–H and O–H groups in total. The van der Waals surface area contributed by atoms with Gasteiger partial charge in [-0.3, -0.25) is 0 Å². The highest BCUT2D eigenvalue weighted by atomic mass is 16.5. The van der Waals surface area contributed by atoms with Crippen LogP contribution in [0.3, 0.4) is 0 Å². The summed E-state index contributed by atoms with van der Waals surface area (Å²) in [6.45, 7) is 0. The van der Waals surface area contributed by atoms with Gasteiger partial charge in [0.2, 0.25) is 0 Å². The maximum absolute atomic E-state index is 10.6. The smallest absolute Gasteiger partial charge is 0.330 e. The number of methoxy groups -OCH3 is 1. The molecule has 1 heterocycles. The van der Waals surface area contributed by atoms with Gasteiger partial charge in [-0.25, -0.2) is 9.78 Å². The number of carbonyl (C=O) groups is 1. The molecule has 0 unspecified atom stereocenters. The Morgan fingerprint density at radius 3 is 3.18 bits per heavy atom. The predicted molar refractivity (Wildman–Crippen MR) is 39.6 cm³/mol. The van der Waals surface area contributed by atoms with Crippen LogP contribution in [-0.4, -0.2) is 23.0 Å². The number of rotatable bonds is 2. The van der Waals surface area contributed by atoms with E-state index in [4.69, 9.17) is 0 Å². The fraction of sp³-hybridized carbons (Fsp3) is 0.143. The van der Waals surface area contributed by atoms with Crippen molar-refractivity contribution < 1.29 is 9.53 Å². The van der Waals surface area contributed by atoms with E-state index in [0.29, 0.717) is 0 Å². The average molecular weight is 152 g/mol. The Bertz CT molecular complexity index is 251. The number of aromatic amines is 1. The molecule has 11 heavy (non-hydrogen) atoms. The van der Waals surface area contributed by atoms with Gasteiger partial charge >= 0.3 is 5.97 Å². The van der Waals surface area contributed by atoms with Crippen LogP contribution in [0.15, 0.2) is 18.6 Å². The summed E-state index contributed by atoms with van der Waals surface area (Å²) in [4.78, 5) is 17.1. The molecule has 0 atom stereocenters. The van der Waals surface area contributed by atoms with Crippen LogP contribution in [0.5, 0.6) is 0 Å². The predicted octanol–water partition coefficient (Wildman–Crippen LogP) is 0.596. The highest BCUT2D eigenvalue weighted by Crippen LogP contribution is 1.93. The first kappa shape index (κ1) is 7.53. The molecule has 0 aliphatic rings. The SMILES string of the molecule is COC(=O)/C=C/c1cnc[nH]1. The van der Waals surface area contributed by atoms with Gasteiger partial charge < -0.3 is 9.72 Å². The third-order valence-electron chi connectivity index (χ3n) is 1.12. The summed E-state index contributed by atoms with van der Waals surface area (Å²) >= 11 is 0. The topological polar surface area (TPSA) is 55.0 Å². The molecule has 0 aliphatic heterocycles. The summed E-state index contributed by atoms with van der Waals surface area (Å²) in [5, 5.41) is 0. The molecule has 0 fully saturated rings. The number of hydrogen-bond acceptors (Lipinski definition) is 3. The van der Waals surface area contributed by atoms with Crippen LogP contribution >= 0.6 is 0 Å². The summed E-state index contributed by atoms with van der Waals surface area (Å²) in [6.07, 6.45) is 6.07. The molecule has 1 rings (SSSR count). The second-order valence-corrected chi connectivity index (χ2v) is 1.86. The summed E-state index contributed by atoms with van der Waals surface area (Å²) in [5.74, 6) is -0.375. The highest BCUT2D eigenvalue weighted by Gasteiger charge is 1.90. The third kappa shape index (κ3) is 2.25. The van der Waals surface area contributed by atoms with Crippen LogP contribution in [0.1, 0.15) is 5.69 Å². The lowest BCUT2D eigenvalue weighted by atomic mass is 10.4. The Morgan fingerprint density at radius 1 is 1.82 bits per heavy atom. The molecule has 0 aromatic carbocycles. The lowest BCUT2D eigenvalue weighted by Gasteiger charge is -1.87. The Kier molecular flexibility index (Phi) is 2.43. The molecule has 4 heteroatoms. The largest absolute Gasteiger partial charge is 0.466 e. The zero-order chi connectivity index (χ0) is 8.10. The van der Waals surface area contributed by atoms with E-state index in [0.717, 1.165) is 5.69 Å². The first-order chi connectivity index (χ1) is 5.33. The van der Waals surface area contributed by atoms with E-state index in [1.165, 1.54) is 19.5 Å². The van der Waals surface area contributed by atoms with Crippen molar-refractivity contribution >= 4 is 12.0 Å². The summed E-state index contributed by atoms with van der Waals surface area (Å²) in [5.41, 5.74) is 0.774. The van der Waals surface area contributed by atoms with Crippen molar-refractivity contribution in [3.63, 3.8) is 0 Å². The van der Waals surface area contributed by atoms with Crippen molar-refractivity contribution in [2.75, 3.05) is 7.11 Å². The van der Waals surface area contributed by atoms with Crippen LogP contribution in [0.4, 0.5) is 0 Å². The molecule has 58 valence electrons. The van der Waals surface area contributed by atoms with Crippen LogP contribution in [-0.2, 0) is 9.53 Å². The lowest BCUT2D eigenvalue weighted by Crippen LogP contribution is -1.93. The van der Waals surface area contributed by atoms with E-state index >= 15 is 0 Å². The lowest BCUT2D eigenvalue weighted by molar-refractivity contribution is -0.134. The minimum absolute atomic E-state index is 0.375. The molecular formula is C7H8N2O2. The van der Waals surface area contributed by atoms with Crippen LogP contribution in [0.25, 0.3) is 6.08 Å². The van der Waals surface area contributed by atoms with E-state index < -0.39 is 0 Å². The van der Waals surface area contributed by atoms with E-state index in [9.17, 15) is 4.79 Å². The van der Waals surface area contributed by atoms with E-state index in [1.54, 1.807) is 12.3 Å². The van der Waals surface area contributed by atoms with Gasteiger partial charge in [0.15, 0.2) is 0 Å². The Morgan fingerprint density at radius 2 is 2.64 bits per heavy atom. The van der Waals surface area contributed by atoms with E-state index in [-0.39, 0.29) is 5.97 Å². The summed E-state index contributed by atoms with van der Waals surface area (Å²) in [6, 6.07) is 0. The standard InChI is InChI=1S/C7H8N2O2/c1-11-7(10)3-2-6-4-8-5-9-6/h2-5H,1H3,(H,8,9)/b3-2+. The molecule has 0 radical (unpaired) electrons. The van der Waals surface area contributed by atoms with Gasteiger partial charge in [-0.1, -0.05) is 0 Å². The van der Waals surface area contributed by atoms with Gasteiger partial charge in [-0.15, -0.1) is 0 Å². The van der Waals surface area contributed by atoms with Gasteiger partial charge in [-0.2, -0.15) is 0 Å². The number of esters is 1. The maximum atomic E-state index is 10.6. The second-order valence-electron chi connectivity index (χ2n) is 1.86. The van der Waals surface area contributed by atoms with Crippen molar-refractivity contribution in [1.29, 1.82) is 0 Å². The summed E-state index contributed by atoms with van der Waals surface area (Å²) in [7, 11) is 1.33. The number of nitrogens with zero attached hydrogens (tertiary/aromatic N) is 1. The fourth-order valence-corrected chi connectivity index (χ4v) is 0.584. The fourth-order valence-electron chi connectivity index (χ4n) is 0.584. The number of nitrogens with one attached hydrogen (secondary N) is 1. The third-order valence-corrected chi connectivity index (χ3v) is 1.12. The van der Waals surface area contributed by atoms with Crippen molar-refractivity contribution in [3.05, 3.63) is 24.3 Å². The highest BCUT2D eigenvalue weighted by molar-refractivity contribution is 5.86. The Balaban J connectivity index is 2.55. The molecule has 0 spiro atoms. The normalized spacial score (nSPS) is 10.3. The number of carbonyl (C=O) groups excluding carboxylic acids is 1. The maximum Gasteiger partial charge on any atom is 0.330 e. The molecule has 0 saturated carbocycles. The van der Waals surface area contributed by atoms with Crippen LogP contribution in [0, 0.1) is 0 Å². The minimum Gasteiger partial charge on any atom is -0.466 e. The zero-order valence-electron chi connectivity index (χ0n) is 6.07. The number of hydrogen-bond donors (Lipinski definition) is 1. The molecule has 4 nitrogen and oxygen atoms in total. The number of aromatic nitrogens is 2.